The lowest BCUT2D eigenvalue weighted by Crippen LogP contribution is -2.48. The standard InChI is InChI=1S/C12H21NO2/c1-7(2)11(12(14)15)13-10-6-8-3-4-9(10)5-8/h7-11,13H,3-6H2,1-2H3,(H,14,15). The maximum atomic E-state index is 11.1. The number of carboxylic acid groups (broad SMARTS) is 1. The van der Waals surface area contributed by atoms with E-state index in [1.165, 1.54) is 25.7 Å². The molecule has 0 aromatic carbocycles. The number of nitrogens with one attached hydrogen (secondary N) is 1. The number of carboxylic acids is 1. The third-order valence-corrected chi connectivity index (χ3v) is 4.06. The van der Waals surface area contributed by atoms with Crippen LogP contribution in [0, 0.1) is 17.8 Å². The highest BCUT2D eigenvalue weighted by molar-refractivity contribution is 5.73. The topological polar surface area (TPSA) is 49.3 Å². The maximum Gasteiger partial charge on any atom is 0.320 e. The average molecular weight is 211 g/mol. The van der Waals surface area contributed by atoms with E-state index in [1.54, 1.807) is 0 Å². The summed E-state index contributed by atoms with van der Waals surface area (Å²) < 4.78 is 0. The first-order chi connectivity index (χ1) is 7.08. The minimum Gasteiger partial charge on any atom is -0.480 e. The lowest BCUT2D eigenvalue weighted by molar-refractivity contribution is -0.141. The minimum atomic E-state index is -0.701. The minimum absolute atomic E-state index is 0.168. The lowest BCUT2D eigenvalue weighted by atomic mass is 9.93. The van der Waals surface area contributed by atoms with Crippen LogP contribution in [0.5, 0.6) is 0 Å². The van der Waals surface area contributed by atoms with Gasteiger partial charge in [0, 0.05) is 6.04 Å². The molecule has 0 heterocycles. The van der Waals surface area contributed by atoms with Gasteiger partial charge in [-0.3, -0.25) is 4.79 Å². The Labute approximate surface area is 91.2 Å². The van der Waals surface area contributed by atoms with Crippen molar-refractivity contribution in [2.75, 3.05) is 0 Å². The van der Waals surface area contributed by atoms with Crippen molar-refractivity contribution in [2.45, 2.75) is 51.6 Å². The number of fused-ring (bicyclic) bond motifs is 2. The van der Waals surface area contributed by atoms with Crippen molar-refractivity contribution < 1.29 is 9.90 Å². The van der Waals surface area contributed by atoms with Crippen LogP contribution in [0.3, 0.4) is 0 Å². The summed E-state index contributed by atoms with van der Waals surface area (Å²) >= 11 is 0. The van der Waals surface area contributed by atoms with Crippen LogP contribution in [0.25, 0.3) is 0 Å². The van der Waals surface area contributed by atoms with Gasteiger partial charge in [-0.1, -0.05) is 20.3 Å². The number of carbonyl (C=O) groups is 1. The van der Waals surface area contributed by atoms with Crippen molar-refractivity contribution in [1.82, 2.24) is 5.32 Å². The third kappa shape index (κ3) is 2.17. The SMILES string of the molecule is CC(C)C(NC1CC2CCC1C2)C(=O)O. The molecule has 0 radical (unpaired) electrons. The number of hydrogen-bond donors (Lipinski definition) is 2. The molecule has 15 heavy (non-hydrogen) atoms. The Morgan fingerprint density at radius 2 is 2.07 bits per heavy atom. The van der Waals surface area contributed by atoms with Crippen molar-refractivity contribution in [1.29, 1.82) is 0 Å². The predicted molar refractivity (Wildman–Crippen MR) is 58.6 cm³/mol. The van der Waals surface area contributed by atoms with Crippen LogP contribution in [-0.2, 0) is 4.79 Å². The fourth-order valence-electron chi connectivity index (χ4n) is 3.23. The fourth-order valence-corrected chi connectivity index (χ4v) is 3.23. The van der Waals surface area contributed by atoms with Crippen LogP contribution >= 0.6 is 0 Å². The second kappa shape index (κ2) is 4.12. The Kier molecular flexibility index (Phi) is 3.01. The lowest BCUT2D eigenvalue weighted by Gasteiger charge is -2.28. The van der Waals surface area contributed by atoms with E-state index in [4.69, 9.17) is 5.11 Å². The van der Waals surface area contributed by atoms with Crippen molar-refractivity contribution in [2.24, 2.45) is 17.8 Å². The van der Waals surface area contributed by atoms with Gasteiger partial charge in [-0.25, -0.2) is 0 Å². The van der Waals surface area contributed by atoms with Crippen molar-refractivity contribution in [3.05, 3.63) is 0 Å². The Bertz CT molecular complexity index is 252. The van der Waals surface area contributed by atoms with E-state index in [0.29, 0.717) is 6.04 Å². The Morgan fingerprint density at radius 1 is 1.33 bits per heavy atom. The van der Waals surface area contributed by atoms with Crippen molar-refractivity contribution in [3.8, 4) is 0 Å². The second-order valence-corrected chi connectivity index (χ2v) is 5.51. The molecular weight excluding hydrogens is 190 g/mol. The van der Waals surface area contributed by atoms with Crippen LogP contribution in [0.15, 0.2) is 0 Å². The monoisotopic (exact) mass is 211 g/mol. The van der Waals surface area contributed by atoms with Gasteiger partial charge in [0.15, 0.2) is 0 Å². The molecule has 2 N–H and O–H groups in total. The molecule has 3 nitrogen and oxygen atoms in total. The largest absolute Gasteiger partial charge is 0.480 e. The molecule has 0 spiro atoms. The van der Waals surface area contributed by atoms with Gasteiger partial charge in [0.05, 0.1) is 0 Å². The van der Waals surface area contributed by atoms with E-state index in [1.807, 2.05) is 13.8 Å². The third-order valence-electron chi connectivity index (χ3n) is 4.06. The Balaban J connectivity index is 1.92. The van der Waals surface area contributed by atoms with Gasteiger partial charge >= 0.3 is 5.97 Å². The normalized spacial score (nSPS) is 36.1. The van der Waals surface area contributed by atoms with Crippen LogP contribution in [0.4, 0.5) is 0 Å². The molecule has 0 amide bonds. The number of hydrogen-bond acceptors (Lipinski definition) is 2. The van der Waals surface area contributed by atoms with Crippen LogP contribution in [0.2, 0.25) is 0 Å². The van der Waals surface area contributed by atoms with Crippen LogP contribution < -0.4 is 5.32 Å². The van der Waals surface area contributed by atoms with E-state index >= 15 is 0 Å². The highest BCUT2D eigenvalue weighted by atomic mass is 16.4. The summed E-state index contributed by atoms with van der Waals surface area (Å²) in [6, 6.07) is 0.0987. The van der Waals surface area contributed by atoms with Crippen LogP contribution in [-0.4, -0.2) is 23.2 Å². The summed E-state index contributed by atoms with van der Waals surface area (Å²) in [5.41, 5.74) is 0. The summed E-state index contributed by atoms with van der Waals surface area (Å²) in [5, 5.41) is 12.5. The summed E-state index contributed by atoms with van der Waals surface area (Å²) in [7, 11) is 0. The van der Waals surface area contributed by atoms with Crippen LogP contribution in [0.1, 0.15) is 39.5 Å². The van der Waals surface area contributed by atoms with E-state index < -0.39 is 5.97 Å². The van der Waals surface area contributed by atoms with Gasteiger partial charge in [0.25, 0.3) is 0 Å². The van der Waals surface area contributed by atoms with Crippen molar-refractivity contribution >= 4 is 5.97 Å². The second-order valence-electron chi connectivity index (χ2n) is 5.51. The summed E-state index contributed by atoms with van der Waals surface area (Å²) in [6.07, 6.45) is 5.18. The molecule has 4 atom stereocenters. The first kappa shape index (κ1) is 10.9. The quantitative estimate of drug-likeness (QED) is 0.746. The zero-order chi connectivity index (χ0) is 11.0. The first-order valence-electron chi connectivity index (χ1n) is 6.06. The highest BCUT2D eigenvalue weighted by Gasteiger charge is 2.41. The highest BCUT2D eigenvalue weighted by Crippen LogP contribution is 2.44. The zero-order valence-corrected chi connectivity index (χ0v) is 9.57. The molecule has 86 valence electrons. The molecule has 0 saturated heterocycles. The van der Waals surface area contributed by atoms with Crippen molar-refractivity contribution in [3.63, 3.8) is 0 Å². The molecule has 4 unspecified atom stereocenters. The summed E-state index contributed by atoms with van der Waals surface area (Å²) in [5.74, 6) is 1.08. The van der Waals surface area contributed by atoms with Gasteiger partial charge in [0.1, 0.15) is 6.04 Å². The molecule has 2 fully saturated rings. The molecule has 2 aliphatic rings. The first-order valence-corrected chi connectivity index (χ1v) is 6.06. The van der Waals surface area contributed by atoms with E-state index in [0.717, 1.165) is 11.8 Å². The fraction of sp³-hybridized carbons (Fsp3) is 0.917. The zero-order valence-electron chi connectivity index (χ0n) is 9.57. The molecule has 2 bridgehead atoms. The van der Waals surface area contributed by atoms with E-state index in [9.17, 15) is 4.79 Å². The predicted octanol–water partition coefficient (Wildman–Crippen LogP) is 1.87. The van der Waals surface area contributed by atoms with Gasteiger partial charge in [-0.05, 0) is 37.0 Å². The van der Waals surface area contributed by atoms with E-state index in [-0.39, 0.29) is 12.0 Å². The molecule has 0 aromatic rings. The number of aliphatic carboxylic acids is 1. The van der Waals surface area contributed by atoms with Gasteiger partial charge in [-0.15, -0.1) is 0 Å². The molecule has 0 aromatic heterocycles. The molecule has 2 rings (SSSR count). The Morgan fingerprint density at radius 3 is 2.47 bits per heavy atom. The summed E-state index contributed by atoms with van der Waals surface area (Å²) in [6.45, 7) is 3.94. The van der Waals surface area contributed by atoms with Gasteiger partial charge in [-0.2, -0.15) is 0 Å². The summed E-state index contributed by atoms with van der Waals surface area (Å²) in [4.78, 5) is 11.1. The molecule has 2 saturated carbocycles. The number of rotatable bonds is 4. The molecular formula is C12H21NO2. The van der Waals surface area contributed by atoms with Gasteiger partial charge in [0.2, 0.25) is 0 Å². The van der Waals surface area contributed by atoms with Gasteiger partial charge < -0.3 is 10.4 Å². The maximum absolute atomic E-state index is 11.1. The molecule has 3 heteroatoms. The van der Waals surface area contributed by atoms with E-state index in [2.05, 4.69) is 5.32 Å². The molecule has 2 aliphatic carbocycles. The molecule has 0 aliphatic heterocycles. The average Bonchev–Trinajstić information content (AvgIpc) is 2.73. The smallest absolute Gasteiger partial charge is 0.320 e. The Hall–Kier alpha value is -0.570.